The number of hydrogen-bond donors (Lipinski definition) is 3. The van der Waals surface area contributed by atoms with E-state index >= 15 is 0 Å². The smallest absolute Gasteiger partial charge is 0.252 e. The van der Waals surface area contributed by atoms with Gasteiger partial charge in [-0.2, -0.15) is 0 Å². The molecule has 1 amide bonds. The first-order valence-electron chi connectivity index (χ1n) is 4.59. The Balaban J connectivity index is 2.78. The van der Waals surface area contributed by atoms with E-state index in [2.05, 4.69) is 33.1 Å². The van der Waals surface area contributed by atoms with Gasteiger partial charge in [0.1, 0.15) is 0 Å². The van der Waals surface area contributed by atoms with Crippen molar-refractivity contribution in [3.8, 4) is 0 Å². The van der Waals surface area contributed by atoms with E-state index in [9.17, 15) is 4.79 Å². The molecule has 0 fully saturated rings. The number of carbonyl (C=O) groups excluding carboxylic acids is 1. The lowest BCUT2D eigenvalue weighted by molar-refractivity contribution is 0.0947. The van der Waals surface area contributed by atoms with Gasteiger partial charge in [-0.15, -0.1) is 0 Å². The molecule has 1 atom stereocenters. The predicted molar refractivity (Wildman–Crippen MR) is 69.5 cm³/mol. The molecular formula is C10H12IN3O2. The Hall–Kier alpha value is -1.31. The summed E-state index contributed by atoms with van der Waals surface area (Å²) in [4.78, 5) is 11.8. The van der Waals surface area contributed by atoms with Crippen molar-refractivity contribution >= 4 is 34.3 Å². The van der Waals surface area contributed by atoms with Crippen molar-refractivity contribution in [3.63, 3.8) is 0 Å². The lowest BCUT2D eigenvalue weighted by Crippen LogP contribution is -2.42. The highest BCUT2D eigenvalue weighted by Crippen LogP contribution is 2.11. The van der Waals surface area contributed by atoms with Gasteiger partial charge >= 0.3 is 0 Å². The number of benzene rings is 1. The number of oxime groups is 1. The molecule has 5 nitrogen and oxygen atoms in total. The van der Waals surface area contributed by atoms with Gasteiger partial charge in [0.2, 0.25) is 0 Å². The van der Waals surface area contributed by atoms with Crippen molar-refractivity contribution in [1.29, 1.82) is 0 Å². The normalized spacial score (nSPS) is 13.2. The Morgan fingerprint density at radius 2 is 2.19 bits per heavy atom. The molecule has 0 radical (unpaired) electrons. The molecule has 6 heteroatoms. The van der Waals surface area contributed by atoms with Crippen LogP contribution < -0.4 is 11.1 Å². The van der Waals surface area contributed by atoms with Gasteiger partial charge in [0, 0.05) is 3.57 Å². The van der Waals surface area contributed by atoms with Gasteiger partial charge < -0.3 is 16.3 Å². The SMILES string of the molecule is CC(NC(=O)c1ccccc1I)/C(N)=N/O. The molecule has 0 heterocycles. The fourth-order valence-corrected chi connectivity index (χ4v) is 1.71. The van der Waals surface area contributed by atoms with Gasteiger partial charge in [-0.1, -0.05) is 17.3 Å². The van der Waals surface area contributed by atoms with Crippen LogP contribution in [-0.4, -0.2) is 23.0 Å². The van der Waals surface area contributed by atoms with Crippen molar-refractivity contribution in [2.45, 2.75) is 13.0 Å². The maximum Gasteiger partial charge on any atom is 0.252 e. The van der Waals surface area contributed by atoms with Crippen LogP contribution in [0, 0.1) is 3.57 Å². The summed E-state index contributed by atoms with van der Waals surface area (Å²) in [5.74, 6) is -0.275. The number of nitrogens with two attached hydrogens (primary N) is 1. The summed E-state index contributed by atoms with van der Waals surface area (Å²) in [6.07, 6.45) is 0. The predicted octanol–water partition coefficient (Wildman–Crippen LogP) is 1.16. The van der Waals surface area contributed by atoms with Crippen molar-refractivity contribution in [2.24, 2.45) is 10.9 Å². The quantitative estimate of drug-likeness (QED) is 0.255. The zero-order chi connectivity index (χ0) is 12.1. The fraction of sp³-hybridized carbons (Fsp3) is 0.200. The molecule has 0 saturated heterocycles. The average Bonchev–Trinajstić information content (AvgIpc) is 2.28. The number of nitrogens with one attached hydrogen (secondary N) is 1. The Kier molecular flexibility index (Phi) is 4.53. The number of hydrogen-bond acceptors (Lipinski definition) is 3. The molecule has 1 rings (SSSR count). The molecule has 0 aliphatic rings. The van der Waals surface area contributed by atoms with Gasteiger partial charge in [-0.25, -0.2) is 0 Å². The second-order valence-electron chi connectivity index (χ2n) is 3.20. The van der Waals surface area contributed by atoms with Crippen LogP contribution in [0.4, 0.5) is 0 Å². The Morgan fingerprint density at radius 3 is 2.75 bits per heavy atom. The minimum atomic E-state index is -0.506. The molecule has 1 unspecified atom stereocenters. The highest BCUT2D eigenvalue weighted by atomic mass is 127. The molecule has 0 aliphatic carbocycles. The van der Waals surface area contributed by atoms with Gasteiger partial charge in [0.05, 0.1) is 11.6 Å². The highest BCUT2D eigenvalue weighted by molar-refractivity contribution is 14.1. The lowest BCUT2D eigenvalue weighted by Gasteiger charge is -2.12. The highest BCUT2D eigenvalue weighted by Gasteiger charge is 2.14. The summed E-state index contributed by atoms with van der Waals surface area (Å²) >= 11 is 2.08. The summed E-state index contributed by atoms with van der Waals surface area (Å²) in [6.45, 7) is 1.64. The number of carbonyl (C=O) groups is 1. The van der Waals surface area contributed by atoms with Crippen molar-refractivity contribution < 1.29 is 10.0 Å². The van der Waals surface area contributed by atoms with Gasteiger partial charge in [-0.3, -0.25) is 4.79 Å². The van der Waals surface area contributed by atoms with Crippen molar-refractivity contribution in [3.05, 3.63) is 33.4 Å². The Bertz CT molecular complexity index is 420. The van der Waals surface area contributed by atoms with Crippen LogP contribution in [-0.2, 0) is 0 Å². The number of amidine groups is 1. The first-order chi connectivity index (χ1) is 7.56. The maximum absolute atomic E-state index is 11.8. The Labute approximate surface area is 107 Å². The van der Waals surface area contributed by atoms with E-state index in [1.807, 2.05) is 12.1 Å². The van der Waals surface area contributed by atoms with E-state index in [0.717, 1.165) is 3.57 Å². The third-order valence-electron chi connectivity index (χ3n) is 2.03. The topological polar surface area (TPSA) is 87.7 Å². The van der Waals surface area contributed by atoms with Gasteiger partial charge in [0.25, 0.3) is 5.91 Å². The van der Waals surface area contributed by atoms with Gasteiger partial charge in [0.15, 0.2) is 5.84 Å². The zero-order valence-electron chi connectivity index (χ0n) is 8.64. The van der Waals surface area contributed by atoms with E-state index in [0.29, 0.717) is 5.56 Å². The second-order valence-corrected chi connectivity index (χ2v) is 4.36. The molecule has 4 N–H and O–H groups in total. The van der Waals surface area contributed by atoms with Crippen LogP contribution >= 0.6 is 22.6 Å². The molecule has 1 aromatic rings. The van der Waals surface area contributed by atoms with Crippen LogP contribution in [0.2, 0.25) is 0 Å². The summed E-state index contributed by atoms with van der Waals surface area (Å²) < 4.78 is 0.851. The Morgan fingerprint density at radius 1 is 1.56 bits per heavy atom. The van der Waals surface area contributed by atoms with Gasteiger partial charge in [-0.05, 0) is 41.6 Å². The zero-order valence-corrected chi connectivity index (χ0v) is 10.8. The molecule has 0 spiro atoms. The van der Waals surface area contributed by atoms with Crippen LogP contribution in [0.25, 0.3) is 0 Å². The van der Waals surface area contributed by atoms with E-state index in [4.69, 9.17) is 10.9 Å². The fourth-order valence-electron chi connectivity index (χ4n) is 1.08. The lowest BCUT2D eigenvalue weighted by atomic mass is 10.2. The van der Waals surface area contributed by atoms with Crippen LogP contribution in [0.3, 0.4) is 0 Å². The van der Waals surface area contributed by atoms with Crippen LogP contribution in [0.15, 0.2) is 29.4 Å². The molecular weight excluding hydrogens is 321 g/mol. The number of rotatable bonds is 3. The van der Waals surface area contributed by atoms with Crippen LogP contribution in [0.5, 0.6) is 0 Å². The van der Waals surface area contributed by atoms with E-state index in [1.165, 1.54) is 0 Å². The standard InChI is InChI=1S/C10H12IN3O2/c1-6(9(12)14-16)13-10(15)7-4-2-3-5-8(7)11/h2-6,16H,1H3,(H2,12,14)(H,13,15). The number of amides is 1. The first-order valence-corrected chi connectivity index (χ1v) is 5.67. The van der Waals surface area contributed by atoms with Crippen molar-refractivity contribution in [1.82, 2.24) is 5.32 Å². The molecule has 0 aromatic heterocycles. The third kappa shape index (κ3) is 3.09. The van der Waals surface area contributed by atoms with Crippen molar-refractivity contribution in [2.75, 3.05) is 0 Å². The molecule has 0 bridgehead atoms. The van der Waals surface area contributed by atoms with Crippen LogP contribution in [0.1, 0.15) is 17.3 Å². The molecule has 86 valence electrons. The number of nitrogens with zero attached hydrogens (tertiary/aromatic N) is 1. The minimum absolute atomic E-state index is 0.0284. The molecule has 1 aromatic carbocycles. The summed E-state index contributed by atoms with van der Waals surface area (Å²) in [5, 5.41) is 13.9. The average molecular weight is 333 g/mol. The molecule has 0 saturated carbocycles. The van der Waals surface area contributed by atoms with E-state index in [-0.39, 0.29) is 11.7 Å². The summed E-state index contributed by atoms with van der Waals surface area (Å²) in [6, 6.07) is 6.68. The summed E-state index contributed by atoms with van der Waals surface area (Å²) in [7, 11) is 0. The minimum Gasteiger partial charge on any atom is -0.409 e. The first kappa shape index (κ1) is 12.8. The second kappa shape index (κ2) is 5.69. The van der Waals surface area contributed by atoms with E-state index in [1.54, 1.807) is 19.1 Å². The molecule has 0 aliphatic heterocycles. The number of halogens is 1. The monoisotopic (exact) mass is 333 g/mol. The molecule has 16 heavy (non-hydrogen) atoms. The largest absolute Gasteiger partial charge is 0.409 e. The maximum atomic E-state index is 11.8. The summed E-state index contributed by atoms with van der Waals surface area (Å²) in [5.41, 5.74) is 5.93. The third-order valence-corrected chi connectivity index (χ3v) is 2.97. The van der Waals surface area contributed by atoms with E-state index < -0.39 is 6.04 Å².